The zero-order chi connectivity index (χ0) is 14.1. The van der Waals surface area contributed by atoms with Gasteiger partial charge in [0.2, 0.25) is 5.91 Å². The van der Waals surface area contributed by atoms with Crippen LogP contribution in [0.4, 0.5) is 0 Å². The van der Waals surface area contributed by atoms with Gasteiger partial charge in [-0.05, 0) is 58.5 Å². The first kappa shape index (κ1) is 15.0. The van der Waals surface area contributed by atoms with E-state index in [4.69, 9.17) is 0 Å². The summed E-state index contributed by atoms with van der Waals surface area (Å²) in [5.41, 5.74) is 0.290. The van der Waals surface area contributed by atoms with E-state index in [2.05, 4.69) is 10.6 Å². The van der Waals surface area contributed by atoms with Crippen molar-refractivity contribution >= 4 is 16.7 Å². The van der Waals surface area contributed by atoms with Crippen LogP contribution < -0.4 is 10.6 Å². The van der Waals surface area contributed by atoms with E-state index in [1.165, 1.54) is 0 Å². The van der Waals surface area contributed by atoms with E-state index in [1.807, 2.05) is 20.8 Å². The minimum atomic E-state index is -0.885. The lowest BCUT2D eigenvalue weighted by atomic mass is 9.92. The molecule has 5 heteroatoms. The molecule has 1 heterocycles. The molecule has 1 saturated heterocycles. The summed E-state index contributed by atoms with van der Waals surface area (Å²) in [5, 5.41) is 6.31. The third-order valence-electron chi connectivity index (χ3n) is 4.38. The molecule has 0 radical (unpaired) electrons. The van der Waals surface area contributed by atoms with Crippen molar-refractivity contribution in [1.82, 2.24) is 10.6 Å². The number of rotatable bonds is 4. The molecule has 2 fully saturated rings. The van der Waals surface area contributed by atoms with Gasteiger partial charge < -0.3 is 10.6 Å². The number of carbonyl (C=O) groups excluding carboxylic acids is 1. The van der Waals surface area contributed by atoms with E-state index < -0.39 is 10.8 Å². The molecule has 1 amide bonds. The SMILES string of the molecule is CC(C)(C)S(=O)CCNC(=O)C1CC12CCNCC2. The molecule has 19 heavy (non-hydrogen) atoms. The number of carbonyl (C=O) groups is 1. The van der Waals surface area contributed by atoms with Crippen LogP contribution in [0, 0.1) is 11.3 Å². The Kier molecular flexibility index (Phi) is 4.35. The van der Waals surface area contributed by atoms with Gasteiger partial charge in [-0.1, -0.05) is 0 Å². The first-order chi connectivity index (χ1) is 8.85. The lowest BCUT2D eigenvalue weighted by Crippen LogP contribution is -2.36. The van der Waals surface area contributed by atoms with Crippen LogP contribution in [-0.4, -0.2) is 40.3 Å². The van der Waals surface area contributed by atoms with Gasteiger partial charge in [0.1, 0.15) is 0 Å². The first-order valence-corrected chi connectivity index (χ1v) is 8.54. The molecule has 2 rings (SSSR count). The number of amides is 1. The van der Waals surface area contributed by atoms with Crippen molar-refractivity contribution in [3.8, 4) is 0 Å². The average molecular weight is 286 g/mol. The number of piperidine rings is 1. The van der Waals surface area contributed by atoms with Crippen molar-refractivity contribution < 1.29 is 9.00 Å². The lowest BCUT2D eigenvalue weighted by molar-refractivity contribution is -0.123. The van der Waals surface area contributed by atoms with Crippen molar-refractivity contribution in [3.63, 3.8) is 0 Å². The van der Waals surface area contributed by atoms with Crippen molar-refractivity contribution in [2.45, 2.75) is 44.8 Å². The van der Waals surface area contributed by atoms with E-state index in [9.17, 15) is 9.00 Å². The molecule has 4 nitrogen and oxygen atoms in total. The fourth-order valence-electron chi connectivity index (χ4n) is 2.89. The maximum absolute atomic E-state index is 12.1. The standard InChI is InChI=1S/C14H26N2O2S/c1-13(2,3)19(18)9-8-16-12(17)11-10-14(11)4-6-15-7-5-14/h11,15H,4-10H2,1-3H3,(H,16,17). The molecular weight excluding hydrogens is 260 g/mol. The van der Waals surface area contributed by atoms with Gasteiger partial charge >= 0.3 is 0 Å². The van der Waals surface area contributed by atoms with Crippen LogP contribution in [0.1, 0.15) is 40.0 Å². The molecule has 0 aromatic heterocycles. The number of nitrogens with one attached hydrogen (secondary N) is 2. The van der Waals surface area contributed by atoms with Gasteiger partial charge in [-0.3, -0.25) is 9.00 Å². The second-order valence-corrected chi connectivity index (χ2v) is 9.15. The Morgan fingerprint density at radius 1 is 1.37 bits per heavy atom. The van der Waals surface area contributed by atoms with E-state index in [0.29, 0.717) is 17.7 Å². The monoisotopic (exact) mass is 286 g/mol. The Labute approximate surface area is 118 Å². The minimum Gasteiger partial charge on any atom is -0.355 e. The molecule has 1 spiro atoms. The van der Waals surface area contributed by atoms with Gasteiger partial charge in [0, 0.05) is 33.8 Å². The largest absolute Gasteiger partial charge is 0.355 e. The summed E-state index contributed by atoms with van der Waals surface area (Å²) < 4.78 is 11.7. The van der Waals surface area contributed by atoms with E-state index in [0.717, 1.165) is 32.4 Å². The maximum atomic E-state index is 12.1. The van der Waals surface area contributed by atoms with Crippen LogP contribution in [0.15, 0.2) is 0 Å². The molecule has 2 unspecified atom stereocenters. The summed E-state index contributed by atoms with van der Waals surface area (Å²) in [7, 11) is -0.885. The molecular formula is C14H26N2O2S. The normalized spacial score (nSPS) is 27.0. The summed E-state index contributed by atoms with van der Waals surface area (Å²) in [6, 6.07) is 0. The highest BCUT2D eigenvalue weighted by atomic mass is 32.2. The quantitative estimate of drug-likeness (QED) is 0.812. The highest BCUT2D eigenvalue weighted by molar-refractivity contribution is 7.86. The predicted octanol–water partition coefficient (Wildman–Crippen LogP) is 1.04. The van der Waals surface area contributed by atoms with E-state index in [-0.39, 0.29) is 16.6 Å². The zero-order valence-corrected chi connectivity index (χ0v) is 13.1. The van der Waals surface area contributed by atoms with Gasteiger partial charge in [-0.2, -0.15) is 0 Å². The van der Waals surface area contributed by atoms with E-state index >= 15 is 0 Å². The molecule has 2 N–H and O–H groups in total. The van der Waals surface area contributed by atoms with Crippen LogP contribution in [0.2, 0.25) is 0 Å². The first-order valence-electron chi connectivity index (χ1n) is 7.22. The van der Waals surface area contributed by atoms with E-state index in [1.54, 1.807) is 0 Å². The van der Waals surface area contributed by atoms with Gasteiger partial charge in [-0.15, -0.1) is 0 Å². The summed E-state index contributed by atoms with van der Waals surface area (Å²) in [5.74, 6) is 0.932. The van der Waals surface area contributed by atoms with Crippen LogP contribution in [0.3, 0.4) is 0 Å². The molecule has 2 atom stereocenters. The molecule has 1 saturated carbocycles. The second kappa shape index (κ2) is 5.52. The summed E-state index contributed by atoms with van der Waals surface area (Å²) in [6.07, 6.45) is 3.29. The average Bonchev–Trinajstić information content (AvgIpc) is 3.02. The number of hydrogen-bond acceptors (Lipinski definition) is 3. The molecule has 0 aromatic rings. The Bertz CT molecular complexity index is 370. The lowest BCUT2D eigenvalue weighted by Gasteiger charge is -2.23. The van der Waals surface area contributed by atoms with Crippen LogP contribution in [-0.2, 0) is 15.6 Å². The van der Waals surface area contributed by atoms with Crippen LogP contribution in [0.5, 0.6) is 0 Å². The summed E-state index contributed by atoms with van der Waals surface area (Å²) >= 11 is 0. The Morgan fingerprint density at radius 2 is 2.00 bits per heavy atom. The van der Waals surface area contributed by atoms with Crippen LogP contribution >= 0.6 is 0 Å². The molecule has 0 bridgehead atoms. The van der Waals surface area contributed by atoms with Crippen molar-refractivity contribution in [2.75, 3.05) is 25.4 Å². The van der Waals surface area contributed by atoms with Gasteiger partial charge in [-0.25, -0.2) is 0 Å². The summed E-state index contributed by atoms with van der Waals surface area (Å²) in [6.45, 7) is 8.52. The van der Waals surface area contributed by atoms with Crippen molar-refractivity contribution in [1.29, 1.82) is 0 Å². The van der Waals surface area contributed by atoms with Gasteiger partial charge in [0.25, 0.3) is 0 Å². The fraction of sp³-hybridized carbons (Fsp3) is 0.929. The topological polar surface area (TPSA) is 58.2 Å². The molecule has 1 aliphatic heterocycles. The minimum absolute atomic E-state index is 0.174. The van der Waals surface area contributed by atoms with Gasteiger partial charge in [0.05, 0.1) is 0 Å². The van der Waals surface area contributed by atoms with Crippen molar-refractivity contribution in [3.05, 3.63) is 0 Å². The predicted molar refractivity (Wildman–Crippen MR) is 78.4 cm³/mol. The van der Waals surface area contributed by atoms with Crippen LogP contribution in [0.25, 0.3) is 0 Å². The molecule has 0 aromatic carbocycles. The Hall–Kier alpha value is -0.420. The number of hydrogen-bond donors (Lipinski definition) is 2. The fourth-order valence-corrected chi connectivity index (χ4v) is 3.79. The zero-order valence-electron chi connectivity index (χ0n) is 12.3. The third-order valence-corrected chi connectivity index (χ3v) is 6.32. The molecule has 2 aliphatic rings. The van der Waals surface area contributed by atoms with Crippen molar-refractivity contribution in [2.24, 2.45) is 11.3 Å². The Balaban J connectivity index is 1.70. The van der Waals surface area contributed by atoms with Gasteiger partial charge in [0.15, 0.2) is 0 Å². The summed E-state index contributed by atoms with van der Waals surface area (Å²) in [4.78, 5) is 12.1. The third kappa shape index (κ3) is 3.57. The molecule has 110 valence electrons. The second-order valence-electron chi connectivity index (χ2n) is 6.82. The Morgan fingerprint density at radius 3 is 2.58 bits per heavy atom. The smallest absolute Gasteiger partial charge is 0.223 e. The maximum Gasteiger partial charge on any atom is 0.223 e. The molecule has 1 aliphatic carbocycles. The highest BCUT2D eigenvalue weighted by Gasteiger charge is 2.57. The highest BCUT2D eigenvalue weighted by Crippen LogP contribution is 2.58.